The minimum atomic E-state index is -0.338. The van der Waals surface area contributed by atoms with Crippen molar-refractivity contribution in [2.75, 3.05) is 7.11 Å². The highest BCUT2D eigenvalue weighted by Gasteiger charge is 2.19. The van der Waals surface area contributed by atoms with Gasteiger partial charge in [-0.15, -0.1) is 10.2 Å². The van der Waals surface area contributed by atoms with Gasteiger partial charge in [-0.05, 0) is 6.92 Å². The zero-order valence-electron chi connectivity index (χ0n) is 9.18. The molecule has 0 aliphatic rings. The van der Waals surface area contributed by atoms with Gasteiger partial charge in [0.05, 0.1) is 7.11 Å². The summed E-state index contributed by atoms with van der Waals surface area (Å²) in [6.45, 7) is 5.66. The Kier molecular flexibility index (Phi) is 4.14. The predicted molar refractivity (Wildman–Crippen MR) is 55.7 cm³/mol. The SMILES string of the molecule is COC(=O)C(C)Sc1nnc(C(C)C)o1. The summed E-state index contributed by atoms with van der Waals surface area (Å²) in [5, 5.41) is 7.76. The van der Waals surface area contributed by atoms with E-state index in [2.05, 4.69) is 14.9 Å². The predicted octanol–water partition coefficient (Wildman–Crippen LogP) is 1.85. The lowest BCUT2D eigenvalue weighted by molar-refractivity contribution is -0.139. The van der Waals surface area contributed by atoms with Crippen LogP contribution in [0.5, 0.6) is 0 Å². The maximum absolute atomic E-state index is 11.1. The van der Waals surface area contributed by atoms with Crippen LogP contribution >= 0.6 is 11.8 Å². The van der Waals surface area contributed by atoms with E-state index in [4.69, 9.17) is 4.42 Å². The molecule has 0 amide bonds. The topological polar surface area (TPSA) is 65.2 Å². The summed E-state index contributed by atoms with van der Waals surface area (Å²) in [6, 6.07) is 0. The molecule has 0 fully saturated rings. The number of methoxy groups -OCH3 is 1. The maximum atomic E-state index is 11.1. The van der Waals surface area contributed by atoms with Crippen molar-refractivity contribution in [2.24, 2.45) is 0 Å². The van der Waals surface area contributed by atoms with Crippen molar-refractivity contribution in [3.05, 3.63) is 5.89 Å². The van der Waals surface area contributed by atoms with Crippen molar-refractivity contribution >= 4 is 17.7 Å². The van der Waals surface area contributed by atoms with Crippen LogP contribution in [0, 0.1) is 0 Å². The molecule has 0 aliphatic heterocycles. The first-order valence-corrected chi connectivity index (χ1v) is 5.50. The van der Waals surface area contributed by atoms with Crippen molar-refractivity contribution in [3.8, 4) is 0 Å². The summed E-state index contributed by atoms with van der Waals surface area (Å²) in [4.78, 5) is 11.1. The smallest absolute Gasteiger partial charge is 0.319 e. The Morgan fingerprint density at radius 3 is 2.53 bits per heavy atom. The highest BCUT2D eigenvalue weighted by molar-refractivity contribution is 8.00. The number of ether oxygens (including phenoxy) is 1. The van der Waals surface area contributed by atoms with Crippen molar-refractivity contribution < 1.29 is 13.9 Å². The second-order valence-electron chi connectivity index (χ2n) is 3.34. The summed E-state index contributed by atoms with van der Waals surface area (Å²) in [5.74, 6) is 0.471. The molecule has 5 nitrogen and oxygen atoms in total. The minimum absolute atomic E-state index is 0.195. The monoisotopic (exact) mass is 230 g/mol. The van der Waals surface area contributed by atoms with E-state index in [1.807, 2.05) is 13.8 Å². The molecule has 1 unspecified atom stereocenters. The summed E-state index contributed by atoms with van der Waals surface area (Å²) >= 11 is 1.20. The molecular formula is C9H14N2O3S. The zero-order valence-corrected chi connectivity index (χ0v) is 10.00. The van der Waals surface area contributed by atoms with Gasteiger partial charge >= 0.3 is 5.97 Å². The molecule has 1 aromatic rings. The Labute approximate surface area is 92.6 Å². The summed E-state index contributed by atoms with van der Waals surface area (Å²) in [7, 11) is 1.35. The highest BCUT2D eigenvalue weighted by Crippen LogP contribution is 2.24. The lowest BCUT2D eigenvalue weighted by Crippen LogP contribution is -2.14. The lowest BCUT2D eigenvalue weighted by atomic mass is 10.2. The van der Waals surface area contributed by atoms with Crippen LogP contribution in [0.2, 0.25) is 0 Å². The van der Waals surface area contributed by atoms with Crippen LogP contribution in [0.25, 0.3) is 0 Å². The lowest BCUT2D eigenvalue weighted by Gasteiger charge is -2.04. The first-order chi connectivity index (χ1) is 7.04. The van der Waals surface area contributed by atoms with Crippen molar-refractivity contribution in [2.45, 2.75) is 37.2 Å². The maximum Gasteiger partial charge on any atom is 0.319 e. The van der Waals surface area contributed by atoms with Gasteiger partial charge in [-0.1, -0.05) is 25.6 Å². The van der Waals surface area contributed by atoms with Crippen LogP contribution in [0.15, 0.2) is 9.64 Å². The van der Waals surface area contributed by atoms with E-state index in [0.29, 0.717) is 11.1 Å². The van der Waals surface area contributed by atoms with E-state index in [9.17, 15) is 4.79 Å². The van der Waals surface area contributed by atoms with Gasteiger partial charge < -0.3 is 9.15 Å². The number of hydrogen-bond donors (Lipinski definition) is 0. The Bertz CT molecular complexity index is 338. The van der Waals surface area contributed by atoms with Crippen LogP contribution in [0.4, 0.5) is 0 Å². The third kappa shape index (κ3) is 3.23. The first-order valence-electron chi connectivity index (χ1n) is 4.62. The molecule has 0 aromatic carbocycles. The second-order valence-corrected chi connectivity index (χ2v) is 4.64. The number of rotatable bonds is 4. The molecule has 1 heterocycles. The van der Waals surface area contributed by atoms with Gasteiger partial charge in [0.2, 0.25) is 5.89 Å². The first kappa shape index (κ1) is 12.0. The van der Waals surface area contributed by atoms with E-state index >= 15 is 0 Å². The fraction of sp³-hybridized carbons (Fsp3) is 0.667. The second kappa shape index (κ2) is 5.16. The van der Waals surface area contributed by atoms with Gasteiger partial charge in [0, 0.05) is 5.92 Å². The third-order valence-electron chi connectivity index (χ3n) is 1.73. The van der Waals surface area contributed by atoms with Gasteiger partial charge in [-0.2, -0.15) is 0 Å². The van der Waals surface area contributed by atoms with Gasteiger partial charge in [0.1, 0.15) is 5.25 Å². The number of carbonyl (C=O) groups excluding carboxylic acids is 1. The van der Waals surface area contributed by atoms with Crippen LogP contribution in [0.3, 0.4) is 0 Å². The van der Waals surface area contributed by atoms with Crippen molar-refractivity contribution in [1.29, 1.82) is 0 Å². The van der Waals surface area contributed by atoms with E-state index in [-0.39, 0.29) is 17.1 Å². The molecule has 0 saturated heterocycles. The molecule has 0 aliphatic carbocycles. The van der Waals surface area contributed by atoms with Gasteiger partial charge in [0.25, 0.3) is 5.22 Å². The Morgan fingerprint density at radius 1 is 1.40 bits per heavy atom. The molecule has 6 heteroatoms. The fourth-order valence-corrected chi connectivity index (χ4v) is 1.58. The number of aromatic nitrogens is 2. The largest absolute Gasteiger partial charge is 0.468 e. The average molecular weight is 230 g/mol. The number of hydrogen-bond acceptors (Lipinski definition) is 6. The number of nitrogens with zero attached hydrogens (tertiary/aromatic N) is 2. The Hall–Kier alpha value is -1.04. The Morgan fingerprint density at radius 2 is 2.07 bits per heavy atom. The standard InChI is InChI=1S/C9H14N2O3S/c1-5(2)7-10-11-9(14-7)15-6(3)8(12)13-4/h5-6H,1-4H3. The van der Waals surface area contributed by atoms with Crippen LogP contribution in [0.1, 0.15) is 32.6 Å². The fourth-order valence-electron chi connectivity index (χ4n) is 0.867. The Balaban J connectivity index is 2.61. The molecule has 1 atom stereocenters. The van der Waals surface area contributed by atoms with Crippen LogP contribution < -0.4 is 0 Å². The molecule has 84 valence electrons. The van der Waals surface area contributed by atoms with Crippen LogP contribution in [-0.2, 0) is 9.53 Å². The van der Waals surface area contributed by atoms with Gasteiger partial charge in [0.15, 0.2) is 0 Å². The third-order valence-corrected chi connectivity index (χ3v) is 2.64. The van der Waals surface area contributed by atoms with E-state index in [1.165, 1.54) is 18.9 Å². The van der Waals surface area contributed by atoms with E-state index in [0.717, 1.165) is 0 Å². The van der Waals surface area contributed by atoms with Crippen LogP contribution in [-0.4, -0.2) is 28.5 Å². The molecule has 0 saturated carbocycles. The van der Waals surface area contributed by atoms with Gasteiger partial charge in [-0.25, -0.2) is 0 Å². The molecule has 1 aromatic heterocycles. The highest BCUT2D eigenvalue weighted by atomic mass is 32.2. The molecule has 15 heavy (non-hydrogen) atoms. The van der Waals surface area contributed by atoms with Crippen molar-refractivity contribution in [1.82, 2.24) is 10.2 Å². The van der Waals surface area contributed by atoms with E-state index < -0.39 is 0 Å². The number of esters is 1. The molecule has 0 spiro atoms. The zero-order chi connectivity index (χ0) is 11.4. The average Bonchev–Trinajstić information content (AvgIpc) is 2.65. The molecule has 1 rings (SSSR count). The van der Waals surface area contributed by atoms with E-state index in [1.54, 1.807) is 6.92 Å². The quantitative estimate of drug-likeness (QED) is 0.581. The number of thioether (sulfide) groups is 1. The molecule has 0 radical (unpaired) electrons. The molecule has 0 N–H and O–H groups in total. The molecular weight excluding hydrogens is 216 g/mol. The summed E-state index contributed by atoms with van der Waals surface area (Å²) in [6.07, 6.45) is 0. The van der Waals surface area contributed by atoms with Gasteiger partial charge in [-0.3, -0.25) is 4.79 Å². The summed E-state index contributed by atoms with van der Waals surface area (Å²) < 4.78 is 9.93. The molecule has 0 bridgehead atoms. The minimum Gasteiger partial charge on any atom is -0.468 e. The summed E-state index contributed by atoms with van der Waals surface area (Å²) in [5.41, 5.74) is 0. The van der Waals surface area contributed by atoms with Crippen molar-refractivity contribution in [3.63, 3.8) is 0 Å². The number of carbonyl (C=O) groups is 1. The normalized spacial score (nSPS) is 12.9.